The van der Waals surface area contributed by atoms with Crippen LogP contribution in [0.25, 0.3) is 0 Å². The number of carbonyl (C=O) groups is 2. The maximum absolute atomic E-state index is 12.3. The van der Waals surface area contributed by atoms with Gasteiger partial charge in [-0.15, -0.1) is 0 Å². The second-order valence-electron chi connectivity index (χ2n) is 5.62. The van der Waals surface area contributed by atoms with E-state index in [9.17, 15) is 9.59 Å². The van der Waals surface area contributed by atoms with Crippen molar-refractivity contribution in [1.82, 2.24) is 5.32 Å². The first-order chi connectivity index (χ1) is 11.5. The average Bonchev–Trinajstić information content (AvgIpc) is 2.56. The molecule has 0 aromatic heterocycles. The third kappa shape index (κ3) is 4.84. The third-order valence-electron chi connectivity index (χ3n) is 3.23. The van der Waals surface area contributed by atoms with Crippen LogP contribution in [0.15, 0.2) is 48.5 Å². The molecule has 2 N–H and O–H groups in total. The largest absolute Gasteiger partial charge is 0.494 e. The van der Waals surface area contributed by atoms with E-state index in [1.807, 2.05) is 20.8 Å². The second-order valence-corrected chi connectivity index (χ2v) is 5.62. The van der Waals surface area contributed by atoms with Crippen molar-refractivity contribution in [3.05, 3.63) is 59.7 Å². The summed E-state index contributed by atoms with van der Waals surface area (Å²) in [4.78, 5) is 24.4. The van der Waals surface area contributed by atoms with Crippen molar-refractivity contribution in [2.45, 2.75) is 26.8 Å². The first-order valence-corrected chi connectivity index (χ1v) is 7.94. The van der Waals surface area contributed by atoms with Gasteiger partial charge in [-0.2, -0.15) is 0 Å². The van der Waals surface area contributed by atoms with Gasteiger partial charge in [0.05, 0.1) is 6.61 Å². The molecule has 0 aliphatic rings. The van der Waals surface area contributed by atoms with Crippen LogP contribution < -0.4 is 15.4 Å². The third-order valence-corrected chi connectivity index (χ3v) is 3.23. The molecule has 0 heterocycles. The molecule has 2 rings (SSSR count). The highest BCUT2D eigenvalue weighted by Gasteiger charge is 2.11. The maximum atomic E-state index is 12.3. The Labute approximate surface area is 142 Å². The number of hydrogen-bond donors (Lipinski definition) is 2. The average molecular weight is 326 g/mol. The van der Waals surface area contributed by atoms with E-state index in [0.29, 0.717) is 23.4 Å². The molecule has 0 aliphatic carbocycles. The van der Waals surface area contributed by atoms with Gasteiger partial charge in [-0.3, -0.25) is 9.59 Å². The van der Waals surface area contributed by atoms with Gasteiger partial charge in [-0.25, -0.2) is 0 Å². The summed E-state index contributed by atoms with van der Waals surface area (Å²) in [7, 11) is 0. The summed E-state index contributed by atoms with van der Waals surface area (Å²) in [6, 6.07) is 13.8. The molecule has 0 saturated heterocycles. The highest BCUT2D eigenvalue weighted by atomic mass is 16.5. The summed E-state index contributed by atoms with van der Waals surface area (Å²) in [6.07, 6.45) is 0. The van der Waals surface area contributed by atoms with Gasteiger partial charge in [0.25, 0.3) is 11.8 Å². The quantitative estimate of drug-likeness (QED) is 0.854. The van der Waals surface area contributed by atoms with Crippen molar-refractivity contribution >= 4 is 17.5 Å². The van der Waals surface area contributed by atoms with Crippen molar-refractivity contribution in [1.29, 1.82) is 0 Å². The zero-order valence-corrected chi connectivity index (χ0v) is 14.1. The Bertz CT molecular complexity index is 709. The van der Waals surface area contributed by atoms with Crippen molar-refractivity contribution in [2.75, 3.05) is 11.9 Å². The molecule has 0 radical (unpaired) electrons. The minimum Gasteiger partial charge on any atom is -0.494 e. The van der Waals surface area contributed by atoms with Crippen LogP contribution in [-0.2, 0) is 0 Å². The van der Waals surface area contributed by atoms with Crippen LogP contribution in [0.4, 0.5) is 5.69 Å². The Balaban J connectivity index is 2.08. The molecular weight excluding hydrogens is 304 g/mol. The molecule has 2 aromatic rings. The fourth-order valence-corrected chi connectivity index (χ4v) is 2.15. The molecule has 126 valence electrons. The molecule has 0 bridgehead atoms. The van der Waals surface area contributed by atoms with Crippen LogP contribution in [0, 0.1) is 0 Å². The molecule has 5 nitrogen and oxygen atoms in total. The first-order valence-electron chi connectivity index (χ1n) is 7.94. The zero-order valence-electron chi connectivity index (χ0n) is 14.1. The van der Waals surface area contributed by atoms with Gasteiger partial charge in [0.15, 0.2) is 0 Å². The van der Waals surface area contributed by atoms with Crippen molar-refractivity contribution in [3.63, 3.8) is 0 Å². The Kier molecular flexibility index (Phi) is 5.95. The standard InChI is InChI=1S/C19H22N2O3/c1-4-24-17-10-8-16(9-11-17)21-19(23)15-7-5-6-14(12-15)18(22)20-13(2)3/h5-13H,4H2,1-3H3,(H,20,22)(H,21,23). The highest BCUT2D eigenvalue weighted by Crippen LogP contribution is 2.17. The molecule has 0 unspecified atom stereocenters. The molecule has 2 amide bonds. The fourth-order valence-electron chi connectivity index (χ4n) is 2.15. The number of benzene rings is 2. The summed E-state index contributed by atoms with van der Waals surface area (Å²) >= 11 is 0. The molecule has 0 aliphatic heterocycles. The van der Waals surface area contributed by atoms with E-state index in [1.165, 1.54) is 0 Å². The van der Waals surface area contributed by atoms with Crippen LogP contribution in [0.3, 0.4) is 0 Å². The Morgan fingerprint density at radius 2 is 1.62 bits per heavy atom. The highest BCUT2D eigenvalue weighted by molar-refractivity contribution is 6.06. The predicted molar refractivity (Wildman–Crippen MR) is 94.6 cm³/mol. The van der Waals surface area contributed by atoms with Gasteiger partial charge in [-0.1, -0.05) is 6.07 Å². The Morgan fingerprint density at radius 3 is 2.21 bits per heavy atom. The van der Waals surface area contributed by atoms with Gasteiger partial charge in [0, 0.05) is 22.9 Å². The van der Waals surface area contributed by atoms with E-state index in [4.69, 9.17) is 4.74 Å². The lowest BCUT2D eigenvalue weighted by Gasteiger charge is -2.10. The van der Waals surface area contributed by atoms with Crippen molar-refractivity contribution < 1.29 is 14.3 Å². The molecule has 0 atom stereocenters. The number of anilines is 1. The van der Waals surface area contributed by atoms with Gasteiger partial charge < -0.3 is 15.4 Å². The predicted octanol–water partition coefficient (Wildman–Crippen LogP) is 3.48. The summed E-state index contributed by atoms with van der Waals surface area (Å²) in [5, 5.41) is 5.62. The van der Waals surface area contributed by atoms with Crippen LogP contribution in [0.5, 0.6) is 5.75 Å². The first kappa shape index (κ1) is 17.5. The Morgan fingerprint density at radius 1 is 1.00 bits per heavy atom. The zero-order chi connectivity index (χ0) is 17.5. The summed E-state index contributed by atoms with van der Waals surface area (Å²) < 4.78 is 5.37. The van der Waals surface area contributed by atoms with E-state index in [-0.39, 0.29) is 17.9 Å². The van der Waals surface area contributed by atoms with E-state index in [2.05, 4.69) is 10.6 Å². The van der Waals surface area contributed by atoms with E-state index in [0.717, 1.165) is 5.75 Å². The fraction of sp³-hybridized carbons (Fsp3) is 0.263. The van der Waals surface area contributed by atoms with Crippen LogP contribution in [0.1, 0.15) is 41.5 Å². The maximum Gasteiger partial charge on any atom is 0.255 e. The van der Waals surface area contributed by atoms with Crippen LogP contribution in [0.2, 0.25) is 0 Å². The monoisotopic (exact) mass is 326 g/mol. The van der Waals surface area contributed by atoms with E-state index < -0.39 is 0 Å². The van der Waals surface area contributed by atoms with Gasteiger partial charge in [-0.05, 0) is 63.2 Å². The van der Waals surface area contributed by atoms with E-state index in [1.54, 1.807) is 48.5 Å². The van der Waals surface area contributed by atoms with Gasteiger partial charge >= 0.3 is 0 Å². The molecule has 2 aromatic carbocycles. The number of rotatable bonds is 6. The summed E-state index contributed by atoms with van der Waals surface area (Å²) in [6.45, 7) is 6.29. The number of nitrogens with one attached hydrogen (secondary N) is 2. The lowest BCUT2D eigenvalue weighted by Crippen LogP contribution is -2.30. The minimum atomic E-state index is -0.265. The van der Waals surface area contributed by atoms with Gasteiger partial charge in [0.2, 0.25) is 0 Å². The molecule has 24 heavy (non-hydrogen) atoms. The number of hydrogen-bond acceptors (Lipinski definition) is 3. The molecule has 0 fully saturated rings. The molecule has 5 heteroatoms. The molecule has 0 saturated carbocycles. The van der Waals surface area contributed by atoms with Crippen molar-refractivity contribution in [2.24, 2.45) is 0 Å². The normalized spacial score (nSPS) is 10.3. The van der Waals surface area contributed by atoms with Gasteiger partial charge in [0.1, 0.15) is 5.75 Å². The lowest BCUT2D eigenvalue weighted by molar-refractivity contribution is 0.0943. The summed E-state index contributed by atoms with van der Waals surface area (Å²) in [5.41, 5.74) is 1.56. The smallest absolute Gasteiger partial charge is 0.255 e. The van der Waals surface area contributed by atoms with Crippen LogP contribution in [-0.4, -0.2) is 24.5 Å². The van der Waals surface area contributed by atoms with Crippen molar-refractivity contribution in [3.8, 4) is 5.75 Å². The minimum absolute atomic E-state index is 0.0406. The molecular formula is C19H22N2O3. The Hall–Kier alpha value is -2.82. The number of carbonyl (C=O) groups excluding carboxylic acids is 2. The number of amides is 2. The topological polar surface area (TPSA) is 67.4 Å². The second kappa shape index (κ2) is 8.15. The SMILES string of the molecule is CCOc1ccc(NC(=O)c2cccc(C(=O)NC(C)C)c2)cc1. The lowest BCUT2D eigenvalue weighted by atomic mass is 10.1. The van der Waals surface area contributed by atoms with E-state index >= 15 is 0 Å². The number of ether oxygens (including phenoxy) is 1. The summed E-state index contributed by atoms with van der Waals surface area (Å²) in [5.74, 6) is 0.293. The van der Waals surface area contributed by atoms with Crippen LogP contribution >= 0.6 is 0 Å². The molecule has 0 spiro atoms.